The molecule has 0 rings (SSSR count). The molecule has 0 aromatic carbocycles. The Balaban J connectivity index is 5.71. The van der Waals surface area contributed by atoms with E-state index in [-0.39, 0.29) is 75.7 Å². The highest BCUT2D eigenvalue weighted by Gasteiger charge is 2.51. The van der Waals surface area contributed by atoms with Gasteiger partial charge in [0, 0.05) is 62.6 Å². The van der Waals surface area contributed by atoms with Gasteiger partial charge in [-0.1, -0.05) is 501 Å². The van der Waals surface area contributed by atoms with Gasteiger partial charge in [0.25, 0.3) is 0 Å². The summed E-state index contributed by atoms with van der Waals surface area (Å²) < 4.78 is 6.40. The van der Waals surface area contributed by atoms with Crippen molar-refractivity contribution in [3.05, 3.63) is 0 Å². The number of carboxylic acid groups (broad SMARTS) is 5. The van der Waals surface area contributed by atoms with Crippen LogP contribution in [0.15, 0.2) is 0 Å². The quantitative estimate of drug-likeness (QED) is 0.0200. The van der Waals surface area contributed by atoms with E-state index >= 15 is 0 Å². The summed E-state index contributed by atoms with van der Waals surface area (Å²) in [6, 6.07) is 0. The van der Waals surface area contributed by atoms with Gasteiger partial charge in [0.15, 0.2) is 0 Å². The van der Waals surface area contributed by atoms with Crippen molar-refractivity contribution in [2.24, 2.45) is 21.7 Å². The lowest BCUT2D eigenvalue weighted by molar-refractivity contribution is -0.159. The van der Waals surface area contributed by atoms with E-state index in [1.807, 2.05) is 0 Å². The first-order valence-electron chi connectivity index (χ1n) is 57.3. The molecule has 0 aliphatic heterocycles. The van der Waals surface area contributed by atoms with Gasteiger partial charge in [-0.15, -0.1) is 0 Å². The second-order valence-corrected chi connectivity index (χ2v) is 41.9. The fraction of sp³-hybridized carbons (Fsp3) is 0.947. The molecular weight excluding hydrogens is 1640 g/mol. The van der Waals surface area contributed by atoms with E-state index in [0.29, 0.717) is 32.1 Å². The van der Waals surface area contributed by atoms with Gasteiger partial charge in [0.1, 0.15) is 0 Å². The highest BCUT2D eigenvalue weighted by Crippen LogP contribution is 2.55. The molecule has 0 aromatic rings. The van der Waals surface area contributed by atoms with Gasteiger partial charge in [-0.25, -0.2) is 0 Å². The van der Waals surface area contributed by atoms with Crippen LogP contribution in [0.5, 0.6) is 0 Å². The number of carbonyl (C=O) groups is 6. The third-order valence-corrected chi connectivity index (χ3v) is 30.6. The molecule has 0 heterocycles. The number of hydrogen-bond acceptors (Lipinski definition) is 12. The van der Waals surface area contributed by atoms with Crippen LogP contribution in [0.25, 0.3) is 0 Å². The second kappa shape index (κ2) is 96.9. The second-order valence-electron chi connectivity index (χ2n) is 41.9. The summed E-state index contributed by atoms with van der Waals surface area (Å²) in [5, 5.41) is 101. The molecule has 10 N–H and O–H groups in total. The van der Waals surface area contributed by atoms with Crippen molar-refractivity contribution in [2.75, 3.05) is 39.6 Å². The number of aliphatic carboxylic acids is 5. The first-order chi connectivity index (χ1) is 64.0. The third-order valence-electron chi connectivity index (χ3n) is 30.6. The van der Waals surface area contributed by atoms with Gasteiger partial charge >= 0.3 is 35.8 Å². The monoisotopic (exact) mass is 1860 g/mol. The highest BCUT2D eigenvalue weighted by molar-refractivity contribution is 5.69. The molecule has 0 aliphatic carbocycles. The summed E-state index contributed by atoms with van der Waals surface area (Å²) >= 11 is 0. The molecule has 776 valence electrons. The van der Waals surface area contributed by atoms with Crippen LogP contribution >= 0.6 is 0 Å². The van der Waals surface area contributed by atoms with Gasteiger partial charge in [-0.05, 0) is 101 Å². The zero-order chi connectivity index (χ0) is 95.7. The molecule has 131 heavy (non-hydrogen) atoms. The largest absolute Gasteiger partial charge is 0.481 e. The highest BCUT2D eigenvalue weighted by atomic mass is 16.5. The number of carbonyl (C=O) groups excluding carboxylic acids is 1. The minimum absolute atomic E-state index is 0.0223. The lowest BCUT2D eigenvalue weighted by Crippen LogP contribution is -2.49. The molecule has 17 nitrogen and oxygen atoms in total. The summed E-state index contributed by atoms with van der Waals surface area (Å²) in [7, 11) is 0. The van der Waals surface area contributed by atoms with Crippen molar-refractivity contribution in [3.63, 3.8) is 0 Å². The Morgan fingerprint density at radius 2 is 0.267 bits per heavy atom. The van der Waals surface area contributed by atoms with Crippen molar-refractivity contribution in [1.82, 2.24) is 0 Å². The van der Waals surface area contributed by atoms with Crippen molar-refractivity contribution >= 4 is 35.8 Å². The maximum Gasteiger partial charge on any atom is 0.305 e. The predicted molar refractivity (Wildman–Crippen MR) is 547 cm³/mol. The van der Waals surface area contributed by atoms with E-state index in [2.05, 4.69) is 0 Å². The molecule has 0 amide bonds. The molecule has 0 aliphatic rings. The van der Waals surface area contributed by atoms with Crippen LogP contribution in [0.1, 0.15) is 629 Å². The standard InChI is InChI=1S/C114H218O17/c115-99-97-113(101-117,102-118)111(91-79-67-55-43-31-19-7-1-4-13-25-37-49-61-73-85-105(120)121,92-80-68-56-44-32-20-8-2-5-14-26-38-50-62-74-86-106(122)123)93-81-69-57-45-33-21-9-3-6-18-30-42-54-66-78-90-110(130)131-104-114(103-119,98-100-116)112(94-82-70-58-46-34-22-10-15-27-39-51-63-75-87-107(124)125,95-83-71-59-47-35-23-11-16-28-40-52-64-76-88-108(126)127)96-84-72-60-48-36-24-12-17-29-41-53-65-77-89-109(128)129/h115-119H,1-104H2,(H,120,121)(H,122,123)(H,124,125)(H,126,127)(H,128,129). The summed E-state index contributed by atoms with van der Waals surface area (Å²) in [5.74, 6) is -3.65. The van der Waals surface area contributed by atoms with E-state index in [1.165, 1.54) is 366 Å². The number of hydrogen-bond donors (Lipinski definition) is 10. The number of ether oxygens (including phenoxy) is 1. The predicted octanol–water partition coefficient (Wildman–Crippen LogP) is 33.1. The first-order valence-corrected chi connectivity index (χ1v) is 57.3. The number of rotatable bonds is 113. The molecule has 1 atom stereocenters. The molecule has 1 unspecified atom stereocenters. The molecule has 17 heteroatoms. The molecule has 0 radical (unpaired) electrons. The average molecular weight is 1860 g/mol. The van der Waals surface area contributed by atoms with Crippen LogP contribution in [0.2, 0.25) is 0 Å². The van der Waals surface area contributed by atoms with Gasteiger partial charge in [-0.2, -0.15) is 0 Å². The summed E-state index contributed by atoms with van der Waals surface area (Å²) in [5.41, 5.74) is -1.90. The van der Waals surface area contributed by atoms with E-state index in [4.69, 9.17) is 30.3 Å². The maximum absolute atomic E-state index is 13.9. The lowest BCUT2D eigenvalue weighted by atomic mass is 9.55. The van der Waals surface area contributed by atoms with E-state index in [1.54, 1.807) is 0 Å². The fourth-order valence-corrected chi connectivity index (χ4v) is 21.8. The molecule has 0 spiro atoms. The van der Waals surface area contributed by atoms with Crippen LogP contribution < -0.4 is 0 Å². The zero-order valence-corrected chi connectivity index (χ0v) is 85.9. The zero-order valence-electron chi connectivity index (χ0n) is 85.9. The Morgan fingerprint density at radius 1 is 0.145 bits per heavy atom. The van der Waals surface area contributed by atoms with Gasteiger partial charge < -0.3 is 55.8 Å². The Bertz CT molecular complexity index is 2310. The Kier molecular flexibility index (Phi) is 94.4. The van der Waals surface area contributed by atoms with Gasteiger partial charge in [-0.3, -0.25) is 28.8 Å². The van der Waals surface area contributed by atoms with Crippen LogP contribution in [0, 0.1) is 21.7 Å². The topological polar surface area (TPSA) is 314 Å². The van der Waals surface area contributed by atoms with Crippen LogP contribution in [0.4, 0.5) is 0 Å². The number of unbranched alkanes of at least 4 members (excludes halogenated alkanes) is 78. The molecule has 0 bridgehead atoms. The smallest absolute Gasteiger partial charge is 0.305 e. The van der Waals surface area contributed by atoms with E-state index in [0.717, 1.165) is 212 Å². The van der Waals surface area contributed by atoms with Crippen LogP contribution in [-0.4, -0.2) is 127 Å². The average Bonchev–Trinajstić information content (AvgIpc) is 0.775. The Hall–Kier alpha value is -3.38. The summed E-state index contributed by atoms with van der Waals surface area (Å²) in [4.78, 5) is 68.2. The molecule has 0 saturated heterocycles. The van der Waals surface area contributed by atoms with Crippen molar-refractivity contribution in [1.29, 1.82) is 0 Å². The van der Waals surface area contributed by atoms with Crippen LogP contribution in [-0.2, 0) is 33.5 Å². The van der Waals surface area contributed by atoms with Crippen molar-refractivity contribution in [3.8, 4) is 0 Å². The maximum atomic E-state index is 13.9. The Morgan fingerprint density at radius 3 is 0.405 bits per heavy atom. The van der Waals surface area contributed by atoms with Crippen molar-refractivity contribution in [2.45, 2.75) is 629 Å². The SMILES string of the molecule is O=C(O)CCCCCCCCCCCCCCCCCC(CCCCCCCCCCCCCCCCCC(=O)O)(CCCCCCCCCCCCCCCCCC(=O)OCC(CO)(CCO)C(CCCCCCCCCCCCCCCC(=O)O)(CCCCCCCCCCCCCCCC(=O)O)CCCCCCCCCCCCCCCC(=O)O)C(CO)(CO)CCO. The molecule has 0 aromatic heterocycles. The minimum atomic E-state index is -0.731. The number of aliphatic hydroxyl groups is 5. The number of esters is 1. The lowest BCUT2D eigenvalue weighted by Gasteiger charge is -2.51. The van der Waals surface area contributed by atoms with Gasteiger partial charge in [0.05, 0.1) is 26.4 Å². The van der Waals surface area contributed by atoms with E-state index < -0.39 is 40.7 Å². The third kappa shape index (κ3) is 79.2. The number of aliphatic hydroxyl groups excluding tert-OH is 5. The normalized spacial score (nSPS) is 12.5. The van der Waals surface area contributed by atoms with Gasteiger partial charge in [0.2, 0.25) is 0 Å². The first kappa shape index (κ1) is 128. The minimum Gasteiger partial charge on any atom is -0.481 e. The summed E-state index contributed by atoms with van der Waals surface area (Å²) in [6.07, 6.45) is 107. The summed E-state index contributed by atoms with van der Waals surface area (Å²) in [6.45, 7) is -0.194. The molecule has 0 fully saturated rings. The van der Waals surface area contributed by atoms with Crippen molar-refractivity contribution < 1.29 is 84.6 Å². The number of carboxylic acids is 5. The van der Waals surface area contributed by atoms with Crippen LogP contribution in [0.3, 0.4) is 0 Å². The molecular formula is C114H218O17. The van der Waals surface area contributed by atoms with E-state index in [9.17, 15) is 54.3 Å². The fourth-order valence-electron chi connectivity index (χ4n) is 21.8. The molecule has 0 saturated carbocycles. The Labute approximate surface area is 806 Å².